The number of hydroxylamine groups is 2. The Balaban J connectivity index is 2.52. The van der Waals surface area contributed by atoms with Gasteiger partial charge in [-0.1, -0.05) is 30.3 Å². The second-order valence-corrected chi connectivity index (χ2v) is 6.15. The van der Waals surface area contributed by atoms with Gasteiger partial charge >= 0.3 is 0 Å². The monoisotopic (exact) mass is 285 g/mol. The van der Waals surface area contributed by atoms with E-state index in [1.165, 1.54) is 0 Å². The van der Waals surface area contributed by atoms with E-state index in [9.17, 15) is 15.3 Å². The van der Waals surface area contributed by atoms with Gasteiger partial charge in [0.05, 0.1) is 11.1 Å². The number of hydrogen-bond donors (Lipinski definition) is 2. The highest BCUT2D eigenvalue weighted by Crippen LogP contribution is 2.37. The standard InChI is InChI=1S/C16H19N3O2/c1-15(2)16(3,4)19(21)14(18-15)12(10-17)13(20)11-8-6-5-7-9-11/h5-9,18,21H,1-4H3/b14-12+. The summed E-state index contributed by atoms with van der Waals surface area (Å²) in [6, 6.07) is 10.5. The molecule has 0 spiro atoms. The van der Waals surface area contributed by atoms with Crippen LogP contribution in [0.25, 0.3) is 0 Å². The van der Waals surface area contributed by atoms with E-state index in [1.807, 2.05) is 33.8 Å². The van der Waals surface area contributed by atoms with E-state index < -0.39 is 16.9 Å². The number of hydrogen-bond acceptors (Lipinski definition) is 5. The maximum Gasteiger partial charge on any atom is 0.207 e. The maximum atomic E-state index is 12.5. The summed E-state index contributed by atoms with van der Waals surface area (Å²) in [4.78, 5) is 12.5. The molecule has 1 aromatic carbocycles. The average Bonchev–Trinajstić information content (AvgIpc) is 2.61. The van der Waals surface area contributed by atoms with E-state index >= 15 is 0 Å². The van der Waals surface area contributed by atoms with Crippen LogP contribution in [-0.2, 0) is 0 Å². The van der Waals surface area contributed by atoms with Crippen molar-refractivity contribution in [3.8, 4) is 6.07 Å². The average molecular weight is 285 g/mol. The Morgan fingerprint density at radius 1 is 1.24 bits per heavy atom. The first-order chi connectivity index (χ1) is 9.72. The maximum absolute atomic E-state index is 12.5. The number of benzene rings is 1. The highest BCUT2D eigenvalue weighted by molar-refractivity contribution is 6.11. The van der Waals surface area contributed by atoms with E-state index in [2.05, 4.69) is 5.32 Å². The first-order valence-corrected chi connectivity index (χ1v) is 6.74. The molecule has 0 aromatic heterocycles. The largest absolute Gasteiger partial charge is 0.361 e. The lowest BCUT2D eigenvalue weighted by molar-refractivity contribution is -0.123. The molecule has 5 nitrogen and oxygen atoms in total. The fraction of sp³-hybridized carbons (Fsp3) is 0.375. The zero-order valence-corrected chi connectivity index (χ0v) is 12.6. The van der Waals surface area contributed by atoms with Crippen molar-refractivity contribution in [3.63, 3.8) is 0 Å². The van der Waals surface area contributed by atoms with Gasteiger partial charge in [-0.05, 0) is 27.7 Å². The van der Waals surface area contributed by atoms with Gasteiger partial charge in [-0.3, -0.25) is 10.0 Å². The first kappa shape index (κ1) is 15.1. The van der Waals surface area contributed by atoms with Crippen LogP contribution < -0.4 is 5.32 Å². The Bertz CT molecular complexity index is 639. The van der Waals surface area contributed by atoms with E-state index in [1.54, 1.807) is 30.3 Å². The van der Waals surface area contributed by atoms with Gasteiger partial charge in [-0.2, -0.15) is 5.26 Å². The summed E-state index contributed by atoms with van der Waals surface area (Å²) in [5.41, 5.74) is -0.820. The lowest BCUT2D eigenvalue weighted by Crippen LogP contribution is -2.52. The van der Waals surface area contributed by atoms with Gasteiger partial charge < -0.3 is 5.32 Å². The second kappa shape index (κ2) is 4.90. The van der Waals surface area contributed by atoms with Crippen LogP contribution in [0.15, 0.2) is 41.7 Å². The number of ketones is 1. The minimum Gasteiger partial charge on any atom is -0.361 e. The molecular weight excluding hydrogens is 266 g/mol. The van der Waals surface area contributed by atoms with Crippen LogP contribution in [0.3, 0.4) is 0 Å². The number of nitrogens with one attached hydrogen (secondary N) is 1. The summed E-state index contributed by atoms with van der Waals surface area (Å²) in [5, 5.41) is 23.8. The van der Waals surface area contributed by atoms with Crippen molar-refractivity contribution < 1.29 is 10.0 Å². The van der Waals surface area contributed by atoms with Crippen LogP contribution in [-0.4, -0.2) is 27.1 Å². The van der Waals surface area contributed by atoms with Crippen LogP contribution in [0.2, 0.25) is 0 Å². The molecule has 2 rings (SSSR count). The van der Waals surface area contributed by atoms with E-state index in [4.69, 9.17) is 0 Å². The molecule has 1 fully saturated rings. The zero-order valence-electron chi connectivity index (χ0n) is 12.6. The van der Waals surface area contributed by atoms with E-state index in [0.29, 0.717) is 5.56 Å². The topological polar surface area (TPSA) is 76.4 Å². The highest BCUT2D eigenvalue weighted by atomic mass is 16.5. The summed E-state index contributed by atoms with van der Waals surface area (Å²) in [5.74, 6) is -0.255. The minimum atomic E-state index is -0.651. The molecule has 1 heterocycles. The van der Waals surface area contributed by atoms with Gasteiger partial charge in [0.2, 0.25) is 5.78 Å². The van der Waals surface area contributed by atoms with Gasteiger partial charge in [0.15, 0.2) is 0 Å². The number of allylic oxidation sites excluding steroid dienone is 1. The highest BCUT2D eigenvalue weighted by Gasteiger charge is 2.51. The van der Waals surface area contributed by atoms with E-state index in [0.717, 1.165) is 5.06 Å². The fourth-order valence-corrected chi connectivity index (χ4v) is 2.16. The van der Waals surface area contributed by atoms with Crippen molar-refractivity contribution in [1.82, 2.24) is 10.4 Å². The molecule has 1 saturated heterocycles. The summed E-state index contributed by atoms with van der Waals surface area (Å²) >= 11 is 0. The number of carbonyl (C=O) groups is 1. The third-order valence-corrected chi connectivity index (χ3v) is 4.31. The molecule has 0 bridgehead atoms. The normalized spacial score (nSPS) is 21.4. The summed E-state index contributed by atoms with van der Waals surface area (Å²) < 4.78 is 0. The number of Topliss-reactive ketones (excluding diaryl/α,β-unsaturated/α-hetero) is 1. The Labute approximate surface area is 124 Å². The predicted octanol–water partition coefficient (Wildman–Crippen LogP) is 2.46. The van der Waals surface area contributed by atoms with Gasteiger partial charge in [0.25, 0.3) is 0 Å². The molecule has 0 aliphatic carbocycles. The van der Waals surface area contributed by atoms with Gasteiger partial charge in [0, 0.05) is 5.56 Å². The van der Waals surface area contributed by atoms with Gasteiger partial charge in [-0.25, -0.2) is 5.06 Å². The molecule has 1 aromatic rings. The van der Waals surface area contributed by atoms with Gasteiger partial charge in [-0.15, -0.1) is 0 Å². The number of nitrogens with zero attached hydrogens (tertiary/aromatic N) is 2. The molecule has 1 aliphatic rings. The van der Waals surface area contributed by atoms with Crippen molar-refractivity contribution in [1.29, 1.82) is 5.26 Å². The number of carbonyl (C=O) groups excluding carboxylic acids is 1. The third kappa shape index (κ3) is 2.28. The Hall–Kier alpha value is -2.32. The smallest absolute Gasteiger partial charge is 0.207 e. The fourth-order valence-electron chi connectivity index (χ4n) is 2.16. The molecule has 0 amide bonds. The number of nitriles is 1. The molecule has 2 N–H and O–H groups in total. The van der Waals surface area contributed by atoms with Crippen LogP contribution in [0.4, 0.5) is 0 Å². The molecule has 110 valence electrons. The van der Waals surface area contributed by atoms with Crippen LogP contribution in [0.1, 0.15) is 38.1 Å². The van der Waals surface area contributed by atoms with Crippen molar-refractivity contribution in [2.75, 3.05) is 0 Å². The van der Waals surface area contributed by atoms with Crippen LogP contribution in [0.5, 0.6) is 0 Å². The molecule has 0 unspecified atom stereocenters. The van der Waals surface area contributed by atoms with Crippen molar-refractivity contribution in [2.45, 2.75) is 38.8 Å². The van der Waals surface area contributed by atoms with Gasteiger partial charge in [0.1, 0.15) is 17.5 Å². The molecule has 0 atom stereocenters. The number of rotatable bonds is 2. The zero-order chi connectivity index (χ0) is 15.8. The van der Waals surface area contributed by atoms with Crippen molar-refractivity contribution >= 4 is 5.78 Å². The molecule has 0 saturated carbocycles. The predicted molar refractivity (Wildman–Crippen MR) is 78.3 cm³/mol. The Morgan fingerprint density at radius 2 is 1.81 bits per heavy atom. The Morgan fingerprint density at radius 3 is 2.24 bits per heavy atom. The quantitative estimate of drug-likeness (QED) is 0.496. The van der Waals surface area contributed by atoms with Crippen LogP contribution >= 0.6 is 0 Å². The lowest BCUT2D eigenvalue weighted by atomic mass is 9.84. The molecule has 1 aliphatic heterocycles. The van der Waals surface area contributed by atoms with Crippen molar-refractivity contribution in [2.24, 2.45) is 0 Å². The lowest BCUT2D eigenvalue weighted by Gasteiger charge is -2.36. The SMILES string of the molecule is CC1(C)N/C(=C(/C#N)C(=O)c2ccccc2)N(O)C1(C)C. The molecule has 0 radical (unpaired) electrons. The summed E-state index contributed by atoms with van der Waals surface area (Å²) in [6.07, 6.45) is 0. The first-order valence-electron chi connectivity index (χ1n) is 6.74. The second-order valence-electron chi connectivity index (χ2n) is 6.15. The molecule has 21 heavy (non-hydrogen) atoms. The summed E-state index contributed by atoms with van der Waals surface area (Å²) in [7, 11) is 0. The van der Waals surface area contributed by atoms with E-state index in [-0.39, 0.29) is 11.4 Å². The Kier molecular flexibility index (Phi) is 3.52. The van der Waals surface area contributed by atoms with Crippen molar-refractivity contribution in [3.05, 3.63) is 47.3 Å². The molecule has 5 heteroatoms. The van der Waals surface area contributed by atoms with Crippen LogP contribution in [0, 0.1) is 11.3 Å². The summed E-state index contributed by atoms with van der Waals surface area (Å²) in [6.45, 7) is 7.50. The molecular formula is C16H19N3O2. The minimum absolute atomic E-state index is 0.0950. The third-order valence-electron chi connectivity index (χ3n) is 4.31.